The second kappa shape index (κ2) is 4.71. The molecule has 1 aromatic heterocycles. The molecule has 1 aliphatic heterocycles. The fourth-order valence-corrected chi connectivity index (χ4v) is 2.27. The standard InChI is InChI=1S/C10H13N3O2S/c1-2-13-9(14)3-8(10(13)15)12-5-7-4-11-6-16-7/h4,6,8,12H,2-3,5H2,1H3. The molecule has 1 atom stereocenters. The van der Waals surface area contributed by atoms with E-state index < -0.39 is 0 Å². The van der Waals surface area contributed by atoms with Crippen molar-refractivity contribution in [1.82, 2.24) is 15.2 Å². The minimum atomic E-state index is -0.366. The zero-order chi connectivity index (χ0) is 11.5. The van der Waals surface area contributed by atoms with Gasteiger partial charge in [0.25, 0.3) is 0 Å². The number of carbonyl (C=O) groups is 2. The molecule has 86 valence electrons. The predicted octanol–water partition coefficient (Wildman–Crippen LogP) is 0.380. The van der Waals surface area contributed by atoms with E-state index in [1.165, 1.54) is 16.2 Å². The minimum Gasteiger partial charge on any atom is -0.300 e. The second-order valence-electron chi connectivity index (χ2n) is 3.58. The minimum absolute atomic E-state index is 0.0886. The van der Waals surface area contributed by atoms with Crippen molar-refractivity contribution in [3.05, 3.63) is 16.6 Å². The van der Waals surface area contributed by atoms with Crippen LogP contribution in [0.2, 0.25) is 0 Å². The van der Waals surface area contributed by atoms with E-state index in [0.29, 0.717) is 13.1 Å². The van der Waals surface area contributed by atoms with Gasteiger partial charge in [0, 0.05) is 24.2 Å². The fourth-order valence-electron chi connectivity index (χ4n) is 1.73. The first-order valence-corrected chi connectivity index (χ1v) is 6.05. The first-order valence-electron chi connectivity index (χ1n) is 5.17. The molecule has 5 nitrogen and oxygen atoms in total. The van der Waals surface area contributed by atoms with Crippen LogP contribution >= 0.6 is 11.3 Å². The smallest absolute Gasteiger partial charge is 0.246 e. The quantitative estimate of drug-likeness (QED) is 0.772. The first kappa shape index (κ1) is 11.2. The van der Waals surface area contributed by atoms with E-state index in [4.69, 9.17) is 0 Å². The molecule has 0 radical (unpaired) electrons. The van der Waals surface area contributed by atoms with Crippen LogP contribution in [0.4, 0.5) is 0 Å². The predicted molar refractivity (Wildman–Crippen MR) is 59.8 cm³/mol. The van der Waals surface area contributed by atoms with Crippen molar-refractivity contribution in [2.75, 3.05) is 6.54 Å². The number of imide groups is 1. The van der Waals surface area contributed by atoms with Gasteiger partial charge < -0.3 is 5.32 Å². The highest BCUT2D eigenvalue weighted by Gasteiger charge is 2.36. The lowest BCUT2D eigenvalue weighted by Gasteiger charge is -2.12. The molecule has 1 saturated heterocycles. The average Bonchev–Trinajstić information content (AvgIpc) is 2.85. The summed E-state index contributed by atoms with van der Waals surface area (Å²) in [5, 5.41) is 3.09. The van der Waals surface area contributed by atoms with Crippen LogP contribution < -0.4 is 5.32 Å². The van der Waals surface area contributed by atoms with Gasteiger partial charge in [-0.05, 0) is 6.92 Å². The Balaban J connectivity index is 1.92. The summed E-state index contributed by atoms with van der Waals surface area (Å²) in [6.45, 7) is 2.85. The lowest BCUT2D eigenvalue weighted by atomic mass is 10.2. The van der Waals surface area contributed by atoms with Gasteiger partial charge in [-0.15, -0.1) is 11.3 Å². The number of rotatable bonds is 4. The van der Waals surface area contributed by atoms with Gasteiger partial charge in [-0.3, -0.25) is 19.5 Å². The molecule has 0 aromatic carbocycles. The van der Waals surface area contributed by atoms with Gasteiger partial charge in [0.2, 0.25) is 11.8 Å². The summed E-state index contributed by atoms with van der Waals surface area (Å²) in [6.07, 6.45) is 2.03. The zero-order valence-corrected chi connectivity index (χ0v) is 9.79. The van der Waals surface area contributed by atoms with Gasteiger partial charge in [-0.1, -0.05) is 0 Å². The van der Waals surface area contributed by atoms with E-state index in [0.717, 1.165) is 4.88 Å². The monoisotopic (exact) mass is 239 g/mol. The molecule has 2 amide bonds. The summed E-state index contributed by atoms with van der Waals surface area (Å²) in [6, 6.07) is -0.366. The maximum absolute atomic E-state index is 11.7. The largest absolute Gasteiger partial charge is 0.300 e. The lowest BCUT2D eigenvalue weighted by Crippen LogP contribution is -2.38. The van der Waals surface area contributed by atoms with Gasteiger partial charge in [0.05, 0.1) is 18.0 Å². The number of nitrogens with zero attached hydrogens (tertiary/aromatic N) is 2. The number of carbonyl (C=O) groups excluding carboxylic acids is 2. The Morgan fingerprint density at radius 3 is 3.00 bits per heavy atom. The molecular formula is C10H13N3O2S. The summed E-state index contributed by atoms with van der Waals surface area (Å²) in [5.74, 6) is -0.202. The van der Waals surface area contributed by atoms with Crippen LogP contribution in [0.1, 0.15) is 18.2 Å². The Kier molecular flexibility index (Phi) is 3.31. The number of likely N-dealkylation sites (N-methyl/N-ethyl adjacent to an activating group) is 1. The fraction of sp³-hybridized carbons (Fsp3) is 0.500. The summed E-state index contributed by atoms with van der Waals surface area (Å²) < 4.78 is 0. The summed E-state index contributed by atoms with van der Waals surface area (Å²) in [5.41, 5.74) is 1.75. The van der Waals surface area contributed by atoms with Gasteiger partial charge in [-0.2, -0.15) is 0 Å². The van der Waals surface area contributed by atoms with Crippen LogP contribution in [0, 0.1) is 0 Å². The van der Waals surface area contributed by atoms with Crippen LogP contribution in [0.5, 0.6) is 0 Å². The molecule has 16 heavy (non-hydrogen) atoms. The first-order chi connectivity index (χ1) is 7.72. The van der Waals surface area contributed by atoms with Crippen LogP contribution in [0.25, 0.3) is 0 Å². The van der Waals surface area contributed by atoms with Crippen molar-refractivity contribution in [2.45, 2.75) is 25.9 Å². The van der Waals surface area contributed by atoms with Crippen LogP contribution in [0.3, 0.4) is 0 Å². The third kappa shape index (κ3) is 2.12. The van der Waals surface area contributed by atoms with Crippen molar-refractivity contribution in [2.24, 2.45) is 0 Å². The zero-order valence-electron chi connectivity index (χ0n) is 8.97. The molecule has 0 spiro atoms. The van der Waals surface area contributed by atoms with Crippen LogP contribution in [-0.4, -0.2) is 34.3 Å². The number of hydrogen-bond donors (Lipinski definition) is 1. The Morgan fingerprint density at radius 1 is 1.62 bits per heavy atom. The number of likely N-dealkylation sites (tertiary alicyclic amines) is 1. The number of hydrogen-bond acceptors (Lipinski definition) is 5. The van der Waals surface area contributed by atoms with E-state index >= 15 is 0 Å². The molecule has 1 N–H and O–H groups in total. The molecule has 1 aromatic rings. The third-order valence-electron chi connectivity index (χ3n) is 2.57. The van der Waals surface area contributed by atoms with Crippen molar-refractivity contribution in [3.63, 3.8) is 0 Å². The van der Waals surface area contributed by atoms with Gasteiger partial charge in [0.1, 0.15) is 0 Å². The van der Waals surface area contributed by atoms with Crippen molar-refractivity contribution >= 4 is 23.2 Å². The Hall–Kier alpha value is -1.27. The molecule has 1 unspecified atom stereocenters. The number of nitrogens with one attached hydrogen (secondary N) is 1. The maximum atomic E-state index is 11.7. The summed E-state index contributed by atoms with van der Waals surface area (Å²) in [7, 11) is 0. The number of amides is 2. The highest BCUT2D eigenvalue weighted by molar-refractivity contribution is 7.09. The SMILES string of the molecule is CCN1C(=O)CC(NCc2cncs2)C1=O. The Morgan fingerprint density at radius 2 is 2.44 bits per heavy atom. The molecule has 0 saturated carbocycles. The van der Waals surface area contributed by atoms with E-state index in [9.17, 15) is 9.59 Å². The average molecular weight is 239 g/mol. The molecule has 2 heterocycles. The highest BCUT2D eigenvalue weighted by Crippen LogP contribution is 2.14. The highest BCUT2D eigenvalue weighted by atomic mass is 32.1. The Labute approximate surface area is 97.5 Å². The van der Waals surface area contributed by atoms with Crippen molar-refractivity contribution in [1.29, 1.82) is 0 Å². The van der Waals surface area contributed by atoms with Crippen molar-refractivity contribution < 1.29 is 9.59 Å². The summed E-state index contributed by atoms with van der Waals surface area (Å²) >= 11 is 1.53. The van der Waals surface area contributed by atoms with Crippen molar-refractivity contribution in [3.8, 4) is 0 Å². The Bertz CT molecular complexity index is 391. The summed E-state index contributed by atoms with van der Waals surface area (Å²) in [4.78, 5) is 29.5. The topological polar surface area (TPSA) is 62.3 Å². The lowest BCUT2D eigenvalue weighted by molar-refractivity contribution is -0.138. The van der Waals surface area contributed by atoms with Crippen LogP contribution in [-0.2, 0) is 16.1 Å². The van der Waals surface area contributed by atoms with Gasteiger partial charge >= 0.3 is 0 Å². The van der Waals surface area contributed by atoms with Crippen LogP contribution in [0.15, 0.2) is 11.7 Å². The molecule has 6 heteroatoms. The van der Waals surface area contributed by atoms with E-state index in [-0.39, 0.29) is 24.3 Å². The molecule has 1 aliphatic rings. The molecule has 1 fully saturated rings. The third-order valence-corrected chi connectivity index (χ3v) is 3.35. The molecule has 0 aliphatic carbocycles. The normalized spacial score (nSPS) is 20.8. The number of thiazole rings is 1. The van der Waals surface area contributed by atoms with E-state index in [2.05, 4.69) is 10.3 Å². The molecule has 2 rings (SSSR count). The number of aromatic nitrogens is 1. The van der Waals surface area contributed by atoms with Gasteiger partial charge in [-0.25, -0.2) is 0 Å². The van der Waals surface area contributed by atoms with E-state index in [1.54, 1.807) is 18.6 Å². The van der Waals surface area contributed by atoms with E-state index in [1.807, 2.05) is 0 Å². The van der Waals surface area contributed by atoms with Gasteiger partial charge in [0.15, 0.2) is 0 Å². The molecule has 0 bridgehead atoms. The molecular weight excluding hydrogens is 226 g/mol. The maximum Gasteiger partial charge on any atom is 0.246 e. The second-order valence-corrected chi connectivity index (χ2v) is 4.55.